The average Bonchev–Trinajstić information content (AvgIpc) is 2.34. The number of benzene rings is 2. The Hall–Kier alpha value is -1.75. The molecule has 1 unspecified atom stereocenters. The third-order valence-corrected chi connectivity index (χ3v) is 3.90. The van der Waals surface area contributed by atoms with Gasteiger partial charge in [-0.3, -0.25) is 4.21 Å². The number of halogens is 2. The molecule has 2 aromatic carbocycles. The van der Waals surface area contributed by atoms with Crippen molar-refractivity contribution in [3.8, 4) is 0 Å². The van der Waals surface area contributed by atoms with Crippen molar-refractivity contribution in [1.82, 2.24) is 0 Å². The summed E-state index contributed by atoms with van der Waals surface area (Å²) in [6.07, 6.45) is 0. The zero-order valence-corrected chi connectivity index (χ0v) is 10.2. The topological polar surface area (TPSA) is 43.1 Å². The van der Waals surface area contributed by atoms with Crippen LogP contribution in [0.15, 0.2) is 47.4 Å². The van der Waals surface area contributed by atoms with Gasteiger partial charge in [-0.1, -0.05) is 18.2 Å². The van der Waals surface area contributed by atoms with E-state index in [0.717, 1.165) is 12.1 Å². The maximum absolute atomic E-state index is 13.0. The van der Waals surface area contributed by atoms with Gasteiger partial charge in [0.2, 0.25) is 0 Å². The van der Waals surface area contributed by atoms with Crippen LogP contribution >= 0.6 is 0 Å². The Morgan fingerprint density at radius 1 is 1.06 bits per heavy atom. The predicted molar refractivity (Wildman–Crippen MR) is 67.3 cm³/mol. The molecular weight excluding hydrogens is 256 g/mol. The van der Waals surface area contributed by atoms with Gasteiger partial charge in [0.1, 0.15) is 0 Å². The summed E-state index contributed by atoms with van der Waals surface area (Å²) in [5.74, 6) is -1.75. The first kappa shape index (κ1) is 12.7. The van der Waals surface area contributed by atoms with Crippen LogP contribution in [-0.2, 0) is 16.6 Å². The van der Waals surface area contributed by atoms with Crippen molar-refractivity contribution in [1.29, 1.82) is 0 Å². The molecule has 0 aromatic heterocycles. The van der Waals surface area contributed by atoms with Crippen molar-refractivity contribution in [2.45, 2.75) is 10.6 Å². The molecule has 0 aliphatic carbocycles. The van der Waals surface area contributed by atoms with Gasteiger partial charge >= 0.3 is 0 Å². The first-order chi connectivity index (χ1) is 8.58. The van der Waals surface area contributed by atoms with Crippen LogP contribution < -0.4 is 5.73 Å². The average molecular weight is 267 g/mol. The largest absolute Gasteiger partial charge is 0.398 e. The van der Waals surface area contributed by atoms with Crippen LogP contribution in [0.25, 0.3) is 0 Å². The van der Waals surface area contributed by atoms with Gasteiger partial charge in [-0.2, -0.15) is 0 Å². The van der Waals surface area contributed by atoms with Gasteiger partial charge in [0, 0.05) is 5.69 Å². The van der Waals surface area contributed by atoms with Gasteiger partial charge in [0.05, 0.1) is 21.4 Å². The van der Waals surface area contributed by atoms with Crippen molar-refractivity contribution < 1.29 is 13.0 Å². The van der Waals surface area contributed by atoms with E-state index in [2.05, 4.69) is 0 Å². The first-order valence-electron chi connectivity index (χ1n) is 5.25. The highest BCUT2D eigenvalue weighted by Crippen LogP contribution is 2.19. The summed E-state index contributed by atoms with van der Waals surface area (Å²) in [6.45, 7) is 0. The standard InChI is InChI=1S/C13H11F2NOS/c14-10-6-5-9(7-11(10)15)8-18(17)13-4-2-1-3-12(13)16/h1-7H,8,16H2. The summed E-state index contributed by atoms with van der Waals surface area (Å²) in [7, 11) is -1.37. The molecule has 94 valence electrons. The summed E-state index contributed by atoms with van der Waals surface area (Å²) in [5.41, 5.74) is 6.60. The summed E-state index contributed by atoms with van der Waals surface area (Å²) >= 11 is 0. The molecule has 1 atom stereocenters. The Bertz CT molecular complexity index is 601. The van der Waals surface area contributed by atoms with E-state index in [9.17, 15) is 13.0 Å². The second-order valence-electron chi connectivity index (χ2n) is 3.78. The van der Waals surface area contributed by atoms with Gasteiger partial charge in [-0.15, -0.1) is 0 Å². The van der Waals surface area contributed by atoms with Gasteiger partial charge in [-0.25, -0.2) is 8.78 Å². The van der Waals surface area contributed by atoms with E-state index in [0.29, 0.717) is 16.1 Å². The highest BCUT2D eigenvalue weighted by atomic mass is 32.2. The van der Waals surface area contributed by atoms with Gasteiger partial charge in [0.15, 0.2) is 11.6 Å². The van der Waals surface area contributed by atoms with E-state index in [1.54, 1.807) is 24.3 Å². The Kier molecular flexibility index (Phi) is 3.72. The highest BCUT2D eigenvalue weighted by molar-refractivity contribution is 7.84. The molecule has 2 nitrogen and oxygen atoms in total. The quantitative estimate of drug-likeness (QED) is 0.869. The van der Waals surface area contributed by atoms with Crippen LogP contribution in [0, 0.1) is 11.6 Å². The molecule has 0 spiro atoms. The first-order valence-corrected chi connectivity index (χ1v) is 6.56. The summed E-state index contributed by atoms with van der Waals surface area (Å²) < 4.78 is 37.8. The van der Waals surface area contributed by atoms with Crippen LogP contribution in [0.5, 0.6) is 0 Å². The molecule has 0 aliphatic heterocycles. The molecule has 5 heteroatoms. The van der Waals surface area contributed by atoms with E-state index in [1.807, 2.05) is 0 Å². The van der Waals surface area contributed by atoms with Gasteiger partial charge < -0.3 is 5.73 Å². The van der Waals surface area contributed by atoms with Crippen LogP contribution in [0.2, 0.25) is 0 Å². The number of nitrogen functional groups attached to an aromatic ring is 1. The van der Waals surface area contributed by atoms with Crippen molar-refractivity contribution in [3.63, 3.8) is 0 Å². The second kappa shape index (κ2) is 5.27. The fourth-order valence-electron chi connectivity index (χ4n) is 1.55. The molecule has 0 saturated carbocycles. The lowest BCUT2D eigenvalue weighted by Crippen LogP contribution is -2.01. The minimum Gasteiger partial charge on any atom is -0.398 e. The van der Waals surface area contributed by atoms with E-state index in [1.165, 1.54) is 6.07 Å². The molecular formula is C13H11F2NOS. The molecule has 0 saturated heterocycles. The van der Waals surface area contributed by atoms with Crippen LogP contribution in [0.4, 0.5) is 14.5 Å². The number of hydrogen-bond donors (Lipinski definition) is 1. The predicted octanol–water partition coefficient (Wildman–Crippen LogP) is 2.85. The minimum absolute atomic E-state index is 0.103. The van der Waals surface area contributed by atoms with Crippen LogP contribution in [0.3, 0.4) is 0 Å². The van der Waals surface area contributed by atoms with E-state index in [4.69, 9.17) is 5.73 Å². The lowest BCUT2D eigenvalue weighted by atomic mass is 10.2. The molecule has 18 heavy (non-hydrogen) atoms. The lowest BCUT2D eigenvalue weighted by molar-refractivity contribution is 0.507. The van der Waals surface area contributed by atoms with E-state index < -0.39 is 22.4 Å². The summed E-state index contributed by atoms with van der Waals surface area (Å²) in [6, 6.07) is 10.3. The normalized spacial score (nSPS) is 12.3. The van der Waals surface area contributed by atoms with Crippen molar-refractivity contribution in [2.24, 2.45) is 0 Å². The maximum Gasteiger partial charge on any atom is 0.159 e. The number of anilines is 1. The van der Waals surface area contributed by atoms with Crippen molar-refractivity contribution in [3.05, 3.63) is 59.7 Å². The van der Waals surface area contributed by atoms with E-state index in [-0.39, 0.29) is 5.75 Å². The van der Waals surface area contributed by atoms with Crippen molar-refractivity contribution in [2.75, 3.05) is 5.73 Å². The maximum atomic E-state index is 13.0. The Morgan fingerprint density at radius 3 is 2.44 bits per heavy atom. The molecule has 0 heterocycles. The fourth-order valence-corrected chi connectivity index (χ4v) is 2.75. The summed E-state index contributed by atoms with van der Waals surface area (Å²) in [4.78, 5) is 0.502. The Balaban J connectivity index is 2.22. The molecule has 0 aliphatic rings. The highest BCUT2D eigenvalue weighted by Gasteiger charge is 2.10. The second-order valence-corrected chi connectivity index (χ2v) is 5.20. The van der Waals surface area contributed by atoms with Gasteiger partial charge in [-0.05, 0) is 29.8 Å². The fraction of sp³-hybridized carbons (Fsp3) is 0.0769. The van der Waals surface area contributed by atoms with Gasteiger partial charge in [0.25, 0.3) is 0 Å². The molecule has 2 N–H and O–H groups in total. The van der Waals surface area contributed by atoms with Crippen molar-refractivity contribution >= 4 is 16.5 Å². The molecule has 0 radical (unpaired) electrons. The Labute approximate surface area is 106 Å². The lowest BCUT2D eigenvalue weighted by Gasteiger charge is -2.06. The molecule has 2 aromatic rings. The number of para-hydroxylation sites is 1. The van der Waals surface area contributed by atoms with Crippen LogP contribution in [0.1, 0.15) is 5.56 Å². The molecule has 0 bridgehead atoms. The monoisotopic (exact) mass is 267 g/mol. The smallest absolute Gasteiger partial charge is 0.159 e. The molecule has 0 amide bonds. The molecule has 0 fully saturated rings. The minimum atomic E-state index is -1.37. The molecule has 2 rings (SSSR count). The SMILES string of the molecule is Nc1ccccc1S(=O)Cc1ccc(F)c(F)c1. The number of nitrogens with two attached hydrogens (primary N) is 1. The zero-order chi connectivity index (χ0) is 13.1. The number of rotatable bonds is 3. The third kappa shape index (κ3) is 2.73. The summed E-state index contributed by atoms with van der Waals surface area (Å²) in [5, 5.41) is 0. The Morgan fingerprint density at radius 2 is 1.78 bits per heavy atom. The van der Waals surface area contributed by atoms with E-state index >= 15 is 0 Å². The number of hydrogen-bond acceptors (Lipinski definition) is 2. The third-order valence-electron chi connectivity index (χ3n) is 2.45. The zero-order valence-electron chi connectivity index (χ0n) is 9.40. The van der Waals surface area contributed by atoms with Crippen LogP contribution in [-0.4, -0.2) is 4.21 Å².